The van der Waals surface area contributed by atoms with Gasteiger partial charge in [0.25, 0.3) is 0 Å². The van der Waals surface area contributed by atoms with E-state index in [-0.39, 0.29) is 0 Å². The molecule has 0 aliphatic carbocycles. The molecule has 0 radical (unpaired) electrons. The van der Waals surface area contributed by atoms with Crippen LogP contribution < -0.4 is 5.32 Å². The van der Waals surface area contributed by atoms with E-state index < -0.39 is 0 Å². The molecule has 1 aliphatic rings. The minimum Gasteiger partial charge on any atom is -0.336 e. The van der Waals surface area contributed by atoms with Crippen molar-refractivity contribution in [3.63, 3.8) is 0 Å². The number of imidazole rings is 1. The van der Waals surface area contributed by atoms with E-state index in [1.54, 1.807) is 0 Å². The van der Waals surface area contributed by atoms with E-state index in [0.717, 1.165) is 19.5 Å². The van der Waals surface area contributed by atoms with E-state index in [2.05, 4.69) is 21.9 Å². The summed E-state index contributed by atoms with van der Waals surface area (Å²) in [4.78, 5) is 4.34. The van der Waals surface area contributed by atoms with Crippen LogP contribution in [0.2, 0.25) is 0 Å². The molecule has 1 aromatic heterocycles. The Bertz CT molecular complexity index is 252. The lowest BCUT2D eigenvalue weighted by molar-refractivity contribution is 0.654. The van der Waals surface area contributed by atoms with Gasteiger partial charge in [0.1, 0.15) is 0 Å². The number of aryl methyl sites for hydroxylation is 2. The highest BCUT2D eigenvalue weighted by atomic mass is 15.1. The zero-order valence-electron chi connectivity index (χ0n) is 6.80. The first-order valence-corrected chi connectivity index (χ1v) is 4.08. The van der Waals surface area contributed by atoms with Crippen molar-refractivity contribution in [3.05, 3.63) is 17.7 Å². The van der Waals surface area contributed by atoms with Crippen LogP contribution in [0.15, 0.2) is 6.33 Å². The first-order valence-electron chi connectivity index (χ1n) is 4.08. The Morgan fingerprint density at radius 1 is 1.64 bits per heavy atom. The molecule has 0 atom stereocenters. The molecule has 0 fully saturated rings. The van der Waals surface area contributed by atoms with Crippen LogP contribution in [0.5, 0.6) is 0 Å². The molecule has 60 valence electrons. The fraction of sp³-hybridized carbons (Fsp3) is 0.625. The lowest BCUT2D eigenvalue weighted by atomic mass is 10.2. The van der Waals surface area contributed by atoms with Crippen molar-refractivity contribution in [1.82, 2.24) is 14.9 Å². The van der Waals surface area contributed by atoms with Gasteiger partial charge in [0.15, 0.2) is 0 Å². The van der Waals surface area contributed by atoms with Gasteiger partial charge in [-0.2, -0.15) is 0 Å². The Kier molecular flexibility index (Phi) is 1.66. The van der Waals surface area contributed by atoms with Crippen molar-refractivity contribution in [2.45, 2.75) is 19.4 Å². The highest BCUT2D eigenvalue weighted by Gasteiger charge is 2.10. The summed E-state index contributed by atoms with van der Waals surface area (Å²) in [6.07, 6.45) is 4.24. The van der Waals surface area contributed by atoms with Crippen LogP contribution in [0.1, 0.15) is 17.8 Å². The Balaban J connectivity index is 2.35. The number of hydrogen-bond donors (Lipinski definition) is 1. The molecule has 0 unspecified atom stereocenters. The second-order valence-corrected chi connectivity index (χ2v) is 3.03. The maximum atomic E-state index is 4.34. The summed E-state index contributed by atoms with van der Waals surface area (Å²) in [5.74, 6) is 0. The number of nitrogens with one attached hydrogen (secondary N) is 1. The van der Waals surface area contributed by atoms with Gasteiger partial charge < -0.3 is 9.88 Å². The SMILES string of the molecule is Cn1cnc2c1CNCCC2. The van der Waals surface area contributed by atoms with Crippen molar-refractivity contribution in [2.24, 2.45) is 7.05 Å². The third-order valence-corrected chi connectivity index (χ3v) is 2.21. The van der Waals surface area contributed by atoms with E-state index in [1.807, 2.05) is 6.33 Å². The van der Waals surface area contributed by atoms with Crippen LogP contribution in [-0.2, 0) is 20.0 Å². The molecule has 0 aromatic carbocycles. The van der Waals surface area contributed by atoms with E-state index >= 15 is 0 Å². The Labute approximate surface area is 66.4 Å². The van der Waals surface area contributed by atoms with Gasteiger partial charge in [-0.3, -0.25) is 0 Å². The van der Waals surface area contributed by atoms with Gasteiger partial charge in [-0.05, 0) is 19.4 Å². The molecule has 0 spiro atoms. The van der Waals surface area contributed by atoms with Gasteiger partial charge in [0.2, 0.25) is 0 Å². The van der Waals surface area contributed by atoms with Crippen LogP contribution in [0.3, 0.4) is 0 Å². The Morgan fingerprint density at radius 3 is 3.45 bits per heavy atom. The van der Waals surface area contributed by atoms with Crippen LogP contribution in [0.25, 0.3) is 0 Å². The van der Waals surface area contributed by atoms with Crippen molar-refractivity contribution in [1.29, 1.82) is 0 Å². The van der Waals surface area contributed by atoms with Crippen LogP contribution in [-0.4, -0.2) is 16.1 Å². The highest BCUT2D eigenvalue weighted by Crippen LogP contribution is 2.10. The quantitative estimate of drug-likeness (QED) is 0.583. The molecule has 2 rings (SSSR count). The zero-order valence-corrected chi connectivity index (χ0v) is 6.80. The molecule has 3 nitrogen and oxygen atoms in total. The summed E-state index contributed by atoms with van der Waals surface area (Å²) in [5.41, 5.74) is 2.63. The summed E-state index contributed by atoms with van der Waals surface area (Å²) in [5, 5.41) is 3.37. The monoisotopic (exact) mass is 151 g/mol. The summed E-state index contributed by atoms with van der Waals surface area (Å²) < 4.78 is 2.10. The van der Waals surface area contributed by atoms with Crippen molar-refractivity contribution < 1.29 is 0 Å². The second kappa shape index (κ2) is 2.66. The molecule has 0 amide bonds. The van der Waals surface area contributed by atoms with Gasteiger partial charge in [0, 0.05) is 13.6 Å². The molecule has 2 heterocycles. The van der Waals surface area contributed by atoms with E-state index in [0.29, 0.717) is 0 Å². The number of hydrogen-bond acceptors (Lipinski definition) is 2. The summed E-state index contributed by atoms with van der Waals surface area (Å²) in [6, 6.07) is 0. The minimum atomic E-state index is 0.978. The van der Waals surface area contributed by atoms with Gasteiger partial charge in [-0.1, -0.05) is 0 Å². The molecular formula is C8H13N3. The number of aromatic nitrogens is 2. The summed E-state index contributed by atoms with van der Waals surface area (Å²) >= 11 is 0. The van der Waals surface area contributed by atoms with E-state index in [1.165, 1.54) is 17.8 Å². The number of fused-ring (bicyclic) bond motifs is 1. The Morgan fingerprint density at radius 2 is 2.55 bits per heavy atom. The predicted molar refractivity (Wildman–Crippen MR) is 43.2 cm³/mol. The molecule has 1 N–H and O–H groups in total. The third kappa shape index (κ3) is 1.16. The zero-order chi connectivity index (χ0) is 7.68. The van der Waals surface area contributed by atoms with E-state index in [9.17, 15) is 0 Å². The van der Waals surface area contributed by atoms with Crippen molar-refractivity contribution >= 4 is 0 Å². The van der Waals surface area contributed by atoms with Gasteiger partial charge in [-0.15, -0.1) is 0 Å². The van der Waals surface area contributed by atoms with Crippen LogP contribution >= 0.6 is 0 Å². The molecule has 3 heteroatoms. The second-order valence-electron chi connectivity index (χ2n) is 3.03. The maximum Gasteiger partial charge on any atom is 0.0949 e. The lowest BCUT2D eigenvalue weighted by Gasteiger charge is -2.00. The van der Waals surface area contributed by atoms with Gasteiger partial charge >= 0.3 is 0 Å². The maximum absolute atomic E-state index is 4.34. The Hall–Kier alpha value is -0.830. The molecule has 1 aliphatic heterocycles. The summed E-state index contributed by atoms with van der Waals surface area (Å²) in [7, 11) is 2.05. The molecule has 11 heavy (non-hydrogen) atoms. The topological polar surface area (TPSA) is 29.9 Å². The minimum absolute atomic E-state index is 0.978. The average Bonchev–Trinajstić information content (AvgIpc) is 2.25. The fourth-order valence-electron chi connectivity index (χ4n) is 1.53. The molecule has 0 saturated heterocycles. The largest absolute Gasteiger partial charge is 0.336 e. The number of rotatable bonds is 0. The summed E-state index contributed by atoms with van der Waals surface area (Å²) in [6.45, 7) is 2.10. The smallest absolute Gasteiger partial charge is 0.0949 e. The normalized spacial score (nSPS) is 17.5. The first-order chi connectivity index (χ1) is 5.38. The third-order valence-electron chi connectivity index (χ3n) is 2.21. The van der Waals surface area contributed by atoms with Crippen molar-refractivity contribution in [2.75, 3.05) is 6.54 Å². The molecule has 0 saturated carbocycles. The highest BCUT2D eigenvalue weighted by molar-refractivity contribution is 5.14. The van der Waals surface area contributed by atoms with E-state index in [4.69, 9.17) is 0 Å². The van der Waals surface area contributed by atoms with Gasteiger partial charge in [-0.25, -0.2) is 4.98 Å². The lowest BCUT2D eigenvalue weighted by Crippen LogP contribution is -2.14. The molecule has 0 bridgehead atoms. The standard InChI is InChI=1S/C8H13N3/c1-11-6-10-7-3-2-4-9-5-8(7)11/h6,9H,2-5H2,1H3. The average molecular weight is 151 g/mol. The molecular weight excluding hydrogens is 138 g/mol. The van der Waals surface area contributed by atoms with Gasteiger partial charge in [0.05, 0.1) is 17.7 Å². The first kappa shape index (κ1) is 6.85. The molecule has 1 aromatic rings. The predicted octanol–water partition coefficient (Wildman–Crippen LogP) is 0.456. The van der Waals surface area contributed by atoms with Crippen molar-refractivity contribution in [3.8, 4) is 0 Å². The van der Waals surface area contributed by atoms with Crippen LogP contribution in [0.4, 0.5) is 0 Å². The fourth-order valence-corrected chi connectivity index (χ4v) is 1.53. The number of nitrogens with zero attached hydrogens (tertiary/aromatic N) is 2. The van der Waals surface area contributed by atoms with Crippen LogP contribution in [0, 0.1) is 0 Å².